The maximum absolute atomic E-state index is 9.31. The largest absolute Gasteiger partial charge is 0.479 e. The minimum atomic E-state index is -0.346. The Labute approximate surface area is 109 Å². The molecule has 0 bridgehead atoms. The Morgan fingerprint density at radius 1 is 1.33 bits per heavy atom. The zero-order chi connectivity index (χ0) is 13.2. The molecular weight excluding hydrogens is 226 g/mol. The van der Waals surface area contributed by atoms with Gasteiger partial charge in [0.05, 0.1) is 12.7 Å². The van der Waals surface area contributed by atoms with Crippen LogP contribution in [0.4, 0.5) is 0 Å². The second kappa shape index (κ2) is 8.53. The molecule has 0 aromatic rings. The van der Waals surface area contributed by atoms with E-state index < -0.39 is 0 Å². The summed E-state index contributed by atoms with van der Waals surface area (Å²) in [7, 11) is 0. The molecule has 1 aliphatic rings. The Hall–Kier alpha value is -1.55. The molecule has 0 aromatic heterocycles. The summed E-state index contributed by atoms with van der Waals surface area (Å²) < 4.78 is 5.53. The van der Waals surface area contributed by atoms with E-state index in [4.69, 9.17) is 10.00 Å². The number of hydrogen-bond acceptors (Lipinski definition) is 4. The van der Waals surface area contributed by atoms with Crippen molar-refractivity contribution in [3.8, 4) is 12.3 Å². The standard InChI is InChI=1S/C14H21N3O/c1-2-3-9-18-14(17-11-16)13(10-15)12-7-5-4-6-8-12/h12-13H,2-9H2,1H3/b17-14-. The predicted octanol–water partition coefficient (Wildman–Crippen LogP) is 3.40. The van der Waals surface area contributed by atoms with E-state index in [1.54, 1.807) is 6.19 Å². The van der Waals surface area contributed by atoms with Crippen molar-refractivity contribution in [2.45, 2.75) is 51.9 Å². The van der Waals surface area contributed by atoms with E-state index in [9.17, 15) is 5.26 Å². The Kier molecular flexibility index (Phi) is 6.87. The molecule has 1 aliphatic carbocycles. The van der Waals surface area contributed by atoms with Crippen LogP contribution in [0, 0.1) is 34.6 Å². The summed E-state index contributed by atoms with van der Waals surface area (Å²) in [6.45, 7) is 2.62. The van der Waals surface area contributed by atoms with Gasteiger partial charge in [0.15, 0.2) is 0 Å². The lowest BCUT2D eigenvalue weighted by Gasteiger charge is -2.26. The van der Waals surface area contributed by atoms with E-state index in [1.165, 1.54) is 6.42 Å². The SMILES string of the molecule is CCCCO/C(=N\C#N)C(C#N)C1CCCCC1. The third kappa shape index (κ3) is 4.37. The number of nitrogens with zero attached hydrogens (tertiary/aromatic N) is 3. The van der Waals surface area contributed by atoms with Gasteiger partial charge in [-0.15, -0.1) is 4.99 Å². The number of nitriles is 2. The minimum Gasteiger partial charge on any atom is -0.479 e. The van der Waals surface area contributed by atoms with Crippen LogP contribution in [0.5, 0.6) is 0 Å². The van der Waals surface area contributed by atoms with Crippen LogP contribution in [0.25, 0.3) is 0 Å². The molecule has 4 nitrogen and oxygen atoms in total. The second-order valence-electron chi connectivity index (χ2n) is 4.76. The molecule has 1 atom stereocenters. The first kappa shape index (κ1) is 14.5. The molecule has 0 N–H and O–H groups in total. The van der Waals surface area contributed by atoms with Gasteiger partial charge >= 0.3 is 0 Å². The Morgan fingerprint density at radius 2 is 2.06 bits per heavy atom. The van der Waals surface area contributed by atoms with Gasteiger partial charge in [0, 0.05) is 0 Å². The van der Waals surface area contributed by atoms with E-state index in [2.05, 4.69) is 18.0 Å². The molecule has 4 heteroatoms. The van der Waals surface area contributed by atoms with Gasteiger partial charge in [0.1, 0.15) is 5.92 Å². The van der Waals surface area contributed by atoms with Crippen LogP contribution in [-0.4, -0.2) is 12.5 Å². The van der Waals surface area contributed by atoms with E-state index in [1.807, 2.05) is 0 Å². The predicted molar refractivity (Wildman–Crippen MR) is 69.6 cm³/mol. The minimum absolute atomic E-state index is 0.303. The lowest BCUT2D eigenvalue weighted by Crippen LogP contribution is -2.26. The molecule has 98 valence electrons. The summed E-state index contributed by atoms with van der Waals surface area (Å²) >= 11 is 0. The van der Waals surface area contributed by atoms with E-state index >= 15 is 0 Å². The summed E-state index contributed by atoms with van der Waals surface area (Å²) in [5, 5.41) is 18.0. The van der Waals surface area contributed by atoms with Crippen molar-refractivity contribution < 1.29 is 4.74 Å². The lowest BCUT2D eigenvalue weighted by atomic mass is 9.80. The third-order valence-corrected chi connectivity index (χ3v) is 3.43. The normalized spacial score (nSPS) is 18.7. The Bertz CT molecular complexity index is 345. The van der Waals surface area contributed by atoms with Crippen LogP contribution >= 0.6 is 0 Å². The highest BCUT2D eigenvalue weighted by Gasteiger charge is 2.29. The number of rotatable bonds is 5. The molecule has 1 saturated carbocycles. The number of hydrogen-bond donors (Lipinski definition) is 0. The average molecular weight is 247 g/mol. The fourth-order valence-corrected chi connectivity index (χ4v) is 2.39. The number of aliphatic imine (C=N–C) groups is 1. The summed E-state index contributed by atoms with van der Waals surface area (Å²) in [4.78, 5) is 3.72. The van der Waals surface area contributed by atoms with Crippen LogP contribution < -0.4 is 0 Å². The summed E-state index contributed by atoms with van der Waals surface area (Å²) in [6, 6.07) is 2.28. The van der Waals surface area contributed by atoms with Crippen LogP contribution in [0.2, 0.25) is 0 Å². The summed E-state index contributed by atoms with van der Waals surface area (Å²) in [5.41, 5.74) is 0. The molecule has 1 unspecified atom stereocenters. The third-order valence-electron chi connectivity index (χ3n) is 3.43. The van der Waals surface area contributed by atoms with Crippen LogP contribution in [0.3, 0.4) is 0 Å². The maximum atomic E-state index is 9.31. The van der Waals surface area contributed by atoms with Crippen LogP contribution in [0.15, 0.2) is 4.99 Å². The molecule has 0 amide bonds. The van der Waals surface area contributed by atoms with Gasteiger partial charge < -0.3 is 4.74 Å². The second-order valence-corrected chi connectivity index (χ2v) is 4.76. The summed E-state index contributed by atoms with van der Waals surface area (Å²) in [5.74, 6) is 0.291. The van der Waals surface area contributed by atoms with Crippen molar-refractivity contribution in [1.29, 1.82) is 10.5 Å². The first-order valence-electron chi connectivity index (χ1n) is 6.82. The first-order valence-corrected chi connectivity index (χ1v) is 6.82. The van der Waals surface area contributed by atoms with Gasteiger partial charge in [-0.25, -0.2) is 0 Å². The fraction of sp³-hybridized carbons (Fsp3) is 0.786. The van der Waals surface area contributed by atoms with Gasteiger partial charge in [0.25, 0.3) is 0 Å². The average Bonchev–Trinajstić information content (AvgIpc) is 2.41. The smallest absolute Gasteiger partial charge is 0.217 e. The molecule has 1 rings (SSSR count). The van der Waals surface area contributed by atoms with E-state index in [0.717, 1.165) is 38.5 Å². The number of ether oxygens (including phenoxy) is 1. The molecule has 0 aromatic carbocycles. The van der Waals surface area contributed by atoms with Gasteiger partial charge in [-0.2, -0.15) is 10.5 Å². The molecule has 0 spiro atoms. The van der Waals surface area contributed by atoms with Gasteiger partial charge in [0.2, 0.25) is 12.1 Å². The molecule has 1 fully saturated rings. The molecule has 18 heavy (non-hydrogen) atoms. The molecule has 0 heterocycles. The number of unbranched alkanes of at least 4 members (excludes halogenated alkanes) is 1. The van der Waals surface area contributed by atoms with E-state index in [0.29, 0.717) is 18.4 Å². The highest BCUT2D eigenvalue weighted by molar-refractivity contribution is 5.82. The highest BCUT2D eigenvalue weighted by Crippen LogP contribution is 2.30. The maximum Gasteiger partial charge on any atom is 0.217 e. The molecule has 0 aliphatic heterocycles. The van der Waals surface area contributed by atoms with Gasteiger partial charge in [-0.3, -0.25) is 0 Å². The topological polar surface area (TPSA) is 69.2 Å². The monoisotopic (exact) mass is 247 g/mol. The first-order chi connectivity index (χ1) is 8.83. The highest BCUT2D eigenvalue weighted by atomic mass is 16.5. The van der Waals surface area contributed by atoms with Gasteiger partial charge in [-0.1, -0.05) is 32.6 Å². The quantitative estimate of drug-likeness (QED) is 0.323. The van der Waals surface area contributed by atoms with Crippen LogP contribution in [0.1, 0.15) is 51.9 Å². The fourth-order valence-electron chi connectivity index (χ4n) is 2.39. The zero-order valence-electron chi connectivity index (χ0n) is 11.1. The molecular formula is C14H21N3O. The molecule has 0 saturated heterocycles. The van der Waals surface area contributed by atoms with Crippen molar-refractivity contribution in [3.05, 3.63) is 0 Å². The van der Waals surface area contributed by atoms with Crippen molar-refractivity contribution in [1.82, 2.24) is 0 Å². The van der Waals surface area contributed by atoms with Crippen molar-refractivity contribution >= 4 is 5.90 Å². The zero-order valence-corrected chi connectivity index (χ0v) is 11.1. The van der Waals surface area contributed by atoms with Gasteiger partial charge in [-0.05, 0) is 25.2 Å². The Morgan fingerprint density at radius 3 is 2.61 bits per heavy atom. The van der Waals surface area contributed by atoms with Crippen LogP contribution in [-0.2, 0) is 4.74 Å². The molecule has 0 radical (unpaired) electrons. The van der Waals surface area contributed by atoms with E-state index in [-0.39, 0.29) is 5.92 Å². The Balaban J connectivity index is 2.65. The van der Waals surface area contributed by atoms with Crippen molar-refractivity contribution in [2.75, 3.05) is 6.61 Å². The summed E-state index contributed by atoms with van der Waals surface area (Å²) in [6.07, 6.45) is 9.37. The van der Waals surface area contributed by atoms with Crippen molar-refractivity contribution in [3.63, 3.8) is 0 Å². The lowest BCUT2D eigenvalue weighted by molar-refractivity contribution is 0.248. The van der Waals surface area contributed by atoms with Crippen molar-refractivity contribution in [2.24, 2.45) is 16.8 Å².